The first-order valence-corrected chi connectivity index (χ1v) is 6.71. The largest absolute Gasteiger partial charge is 0.465 e. The highest BCUT2D eigenvalue weighted by atomic mass is 79.9. The Hall–Kier alpha value is -1.76. The molecule has 6 nitrogen and oxygen atoms in total. The van der Waals surface area contributed by atoms with Gasteiger partial charge < -0.3 is 19.7 Å². The second-order valence-electron chi connectivity index (χ2n) is 4.49. The lowest BCUT2D eigenvalue weighted by atomic mass is 10.3. The molecule has 1 aromatic carbocycles. The number of carboxylic acid groups (broad SMARTS) is 1. The van der Waals surface area contributed by atoms with Gasteiger partial charge in [-0.3, -0.25) is 0 Å². The Morgan fingerprint density at radius 3 is 3.21 bits per heavy atom. The van der Waals surface area contributed by atoms with Gasteiger partial charge in [0.15, 0.2) is 5.58 Å². The van der Waals surface area contributed by atoms with Gasteiger partial charge in [-0.15, -0.1) is 0 Å². The zero-order valence-corrected chi connectivity index (χ0v) is 11.6. The summed E-state index contributed by atoms with van der Waals surface area (Å²) in [5.41, 5.74) is 1.52. The molecule has 1 atom stereocenters. The van der Waals surface area contributed by atoms with Crippen LogP contribution in [0.2, 0.25) is 0 Å². The number of benzene rings is 1. The quantitative estimate of drug-likeness (QED) is 0.886. The number of fused-ring (bicyclic) bond motifs is 1. The summed E-state index contributed by atoms with van der Waals surface area (Å²) in [7, 11) is 0. The van der Waals surface area contributed by atoms with Gasteiger partial charge >= 0.3 is 6.09 Å². The van der Waals surface area contributed by atoms with E-state index in [1.807, 2.05) is 23.1 Å². The second-order valence-corrected chi connectivity index (χ2v) is 5.41. The normalized spacial score (nSPS) is 19.0. The Kier molecular flexibility index (Phi) is 3.06. The van der Waals surface area contributed by atoms with Crippen LogP contribution in [0.5, 0.6) is 0 Å². The number of oxazole rings is 1. The van der Waals surface area contributed by atoms with Crippen LogP contribution < -0.4 is 10.2 Å². The van der Waals surface area contributed by atoms with Gasteiger partial charge in [-0.25, -0.2) is 4.79 Å². The van der Waals surface area contributed by atoms with E-state index in [0.717, 1.165) is 28.5 Å². The molecule has 2 N–H and O–H groups in total. The first kappa shape index (κ1) is 12.3. The van der Waals surface area contributed by atoms with Crippen molar-refractivity contribution in [2.24, 2.45) is 0 Å². The van der Waals surface area contributed by atoms with E-state index in [9.17, 15) is 4.79 Å². The first-order valence-electron chi connectivity index (χ1n) is 5.92. The van der Waals surface area contributed by atoms with E-state index in [-0.39, 0.29) is 6.04 Å². The van der Waals surface area contributed by atoms with E-state index >= 15 is 0 Å². The second kappa shape index (κ2) is 4.73. The number of aromatic nitrogens is 1. The van der Waals surface area contributed by atoms with Gasteiger partial charge in [0.2, 0.25) is 0 Å². The Morgan fingerprint density at radius 1 is 1.58 bits per heavy atom. The van der Waals surface area contributed by atoms with Crippen molar-refractivity contribution in [3.05, 3.63) is 22.7 Å². The van der Waals surface area contributed by atoms with Gasteiger partial charge in [0.1, 0.15) is 5.52 Å². The average molecular weight is 326 g/mol. The lowest BCUT2D eigenvalue weighted by Gasteiger charge is -2.13. The van der Waals surface area contributed by atoms with Gasteiger partial charge in [-0.05, 0) is 24.6 Å². The number of amides is 1. The van der Waals surface area contributed by atoms with Crippen LogP contribution in [0.15, 0.2) is 27.1 Å². The molecule has 1 aliphatic heterocycles. The van der Waals surface area contributed by atoms with Crippen LogP contribution in [-0.2, 0) is 0 Å². The molecule has 0 bridgehead atoms. The molecule has 1 aliphatic rings. The molecule has 2 aromatic rings. The average Bonchev–Trinajstić information content (AvgIpc) is 2.93. The minimum Gasteiger partial charge on any atom is -0.465 e. The van der Waals surface area contributed by atoms with Crippen molar-refractivity contribution in [1.82, 2.24) is 10.3 Å². The molecule has 0 unspecified atom stereocenters. The van der Waals surface area contributed by atoms with Crippen molar-refractivity contribution in [1.29, 1.82) is 0 Å². The number of hydrogen-bond donors (Lipinski definition) is 2. The van der Waals surface area contributed by atoms with Crippen LogP contribution in [-0.4, -0.2) is 35.3 Å². The molecule has 1 fully saturated rings. The van der Waals surface area contributed by atoms with Crippen LogP contribution in [0.1, 0.15) is 6.42 Å². The molecule has 0 aliphatic carbocycles. The number of halogens is 1. The molecule has 7 heteroatoms. The summed E-state index contributed by atoms with van der Waals surface area (Å²) in [4.78, 5) is 17.0. The fourth-order valence-corrected chi connectivity index (χ4v) is 2.59. The van der Waals surface area contributed by atoms with Crippen molar-refractivity contribution < 1.29 is 14.3 Å². The predicted molar refractivity (Wildman–Crippen MR) is 73.5 cm³/mol. The SMILES string of the molecule is O=C(O)N[C@@H]1CCN(c2nc3ccc(Br)cc3o2)C1. The standard InChI is InChI=1S/C12H12BrN3O3/c13-7-1-2-9-10(5-7)19-11(15-9)16-4-3-8(6-16)14-12(17)18/h1-2,5,8,14H,3-4,6H2,(H,17,18)/t8-/m1/s1. The zero-order chi connectivity index (χ0) is 13.4. The van der Waals surface area contributed by atoms with Crippen LogP contribution in [0.25, 0.3) is 11.1 Å². The smallest absolute Gasteiger partial charge is 0.404 e. The van der Waals surface area contributed by atoms with Gasteiger partial charge in [-0.1, -0.05) is 15.9 Å². The summed E-state index contributed by atoms with van der Waals surface area (Å²) in [6.45, 7) is 1.32. The summed E-state index contributed by atoms with van der Waals surface area (Å²) in [5, 5.41) is 11.2. The fourth-order valence-electron chi connectivity index (χ4n) is 2.25. The van der Waals surface area contributed by atoms with Crippen molar-refractivity contribution in [2.45, 2.75) is 12.5 Å². The third-order valence-corrected chi connectivity index (χ3v) is 3.62. The number of nitrogens with one attached hydrogen (secondary N) is 1. The van der Waals surface area contributed by atoms with Crippen LogP contribution in [0.3, 0.4) is 0 Å². The fraction of sp³-hybridized carbons (Fsp3) is 0.333. The van der Waals surface area contributed by atoms with Gasteiger partial charge in [-0.2, -0.15) is 4.98 Å². The highest BCUT2D eigenvalue weighted by Crippen LogP contribution is 2.26. The van der Waals surface area contributed by atoms with Gasteiger partial charge in [0, 0.05) is 17.6 Å². The summed E-state index contributed by atoms with van der Waals surface area (Å²) in [6.07, 6.45) is -0.234. The van der Waals surface area contributed by atoms with Gasteiger partial charge in [0.25, 0.3) is 6.01 Å². The van der Waals surface area contributed by atoms with E-state index in [2.05, 4.69) is 26.2 Å². The summed E-state index contributed by atoms with van der Waals surface area (Å²) >= 11 is 3.39. The molecule has 2 heterocycles. The number of carbonyl (C=O) groups is 1. The van der Waals surface area contributed by atoms with E-state index < -0.39 is 6.09 Å². The molecule has 1 aromatic heterocycles. The van der Waals surface area contributed by atoms with Gasteiger partial charge in [0.05, 0.1) is 6.04 Å². The first-order chi connectivity index (χ1) is 9.11. The molecule has 19 heavy (non-hydrogen) atoms. The van der Waals surface area contributed by atoms with E-state index in [1.165, 1.54) is 0 Å². The molecular formula is C12H12BrN3O3. The van der Waals surface area contributed by atoms with Crippen LogP contribution >= 0.6 is 15.9 Å². The van der Waals surface area contributed by atoms with Crippen molar-refractivity contribution in [3.8, 4) is 0 Å². The highest BCUT2D eigenvalue weighted by Gasteiger charge is 2.26. The molecule has 3 rings (SSSR count). The maximum Gasteiger partial charge on any atom is 0.404 e. The van der Waals surface area contributed by atoms with Crippen molar-refractivity contribution >= 4 is 39.1 Å². The zero-order valence-electron chi connectivity index (χ0n) is 9.97. The van der Waals surface area contributed by atoms with Crippen molar-refractivity contribution in [3.63, 3.8) is 0 Å². The molecule has 0 spiro atoms. The lowest BCUT2D eigenvalue weighted by molar-refractivity contribution is 0.191. The Labute approximate surface area is 117 Å². The number of hydrogen-bond acceptors (Lipinski definition) is 4. The third-order valence-electron chi connectivity index (χ3n) is 3.13. The molecule has 1 amide bonds. The Morgan fingerprint density at radius 2 is 2.42 bits per heavy atom. The number of nitrogens with zero attached hydrogens (tertiary/aromatic N) is 2. The van der Waals surface area contributed by atoms with E-state index in [4.69, 9.17) is 9.52 Å². The maximum atomic E-state index is 10.6. The molecule has 1 saturated heterocycles. The summed E-state index contributed by atoms with van der Waals surface area (Å²) in [6, 6.07) is 6.14. The summed E-state index contributed by atoms with van der Waals surface area (Å²) < 4.78 is 6.64. The Bertz CT molecular complexity index is 628. The molecule has 100 valence electrons. The summed E-state index contributed by atoms with van der Waals surface area (Å²) in [5.74, 6) is 0. The maximum absolute atomic E-state index is 10.6. The molecule has 0 radical (unpaired) electrons. The third kappa shape index (κ3) is 2.51. The number of anilines is 1. The lowest BCUT2D eigenvalue weighted by Crippen LogP contribution is -2.36. The van der Waals surface area contributed by atoms with E-state index in [0.29, 0.717) is 12.6 Å². The topological polar surface area (TPSA) is 78.6 Å². The van der Waals surface area contributed by atoms with Crippen LogP contribution in [0.4, 0.5) is 10.8 Å². The highest BCUT2D eigenvalue weighted by molar-refractivity contribution is 9.10. The predicted octanol–water partition coefficient (Wildman–Crippen LogP) is 2.44. The Balaban J connectivity index is 1.79. The number of rotatable bonds is 2. The monoisotopic (exact) mass is 325 g/mol. The minimum atomic E-state index is -0.992. The molecular weight excluding hydrogens is 314 g/mol. The molecule has 0 saturated carbocycles. The van der Waals surface area contributed by atoms with E-state index in [1.54, 1.807) is 0 Å². The van der Waals surface area contributed by atoms with Crippen LogP contribution in [0, 0.1) is 0 Å². The minimum absolute atomic E-state index is 0.0701. The van der Waals surface area contributed by atoms with Crippen molar-refractivity contribution in [2.75, 3.05) is 18.0 Å².